The van der Waals surface area contributed by atoms with Crippen LogP contribution in [0.15, 0.2) is 78.9 Å². The van der Waals surface area contributed by atoms with Gasteiger partial charge in [0.15, 0.2) is 0 Å². The number of likely N-dealkylation sites (N-methyl/N-ethyl adjacent to an activating group) is 1. The van der Waals surface area contributed by atoms with Gasteiger partial charge in [-0.25, -0.2) is 0 Å². The average Bonchev–Trinajstić information content (AvgIpc) is 3.58. The molecular formula is C37H45NO3. The Labute approximate surface area is 246 Å². The van der Waals surface area contributed by atoms with E-state index in [0.717, 1.165) is 42.0 Å². The monoisotopic (exact) mass is 551 g/mol. The largest absolute Gasteiger partial charge is 0.492 e. The van der Waals surface area contributed by atoms with E-state index in [4.69, 9.17) is 9.47 Å². The first-order chi connectivity index (χ1) is 19.7. The fourth-order valence-electron chi connectivity index (χ4n) is 6.42. The summed E-state index contributed by atoms with van der Waals surface area (Å²) >= 11 is 0. The third-order valence-electron chi connectivity index (χ3n) is 8.69. The fourth-order valence-corrected chi connectivity index (χ4v) is 6.42. The van der Waals surface area contributed by atoms with Crippen molar-refractivity contribution in [2.45, 2.75) is 52.9 Å². The number of carbonyl (C=O) groups is 1. The van der Waals surface area contributed by atoms with E-state index in [-0.39, 0.29) is 5.97 Å². The van der Waals surface area contributed by atoms with Crippen molar-refractivity contribution in [1.82, 2.24) is 4.90 Å². The number of carbonyl (C=O) groups excluding carboxylic acids is 1. The molecule has 216 valence electrons. The number of allylic oxidation sites excluding steroid dienone is 1. The first kappa shape index (κ1) is 29.1. The van der Waals surface area contributed by atoms with Crippen LogP contribution in [-0.2, 0) is 4.79 Å². The van der Waals surface area contributed by atoms with Gasteiger partial charge in [-0.15, -0.1) is 0 Å². The standard InChI is InChI=1S/C37H45NO3/c1-37(2,3)36(39)41-33-19-15-29(16-20-33)35(28-13-17-32(18-14-28)40-22-21-38(4)5)34(27-9-7-6-8-10-27)25-31-24-26-11-12-30(31)23-26/h6-10,13-20,26,30-31H,11-12,21-25H2,1-5H3. The number of hydrogen-bond acceptors (Lipinski definition) is 4. The second kappa shape index (κ2) is 12.7. The molecule has 0 aliphatic heterocycles. The molecule has 0 amide bonds. The van der Waals surface area contributed by atoms with Crippen LogP contribution in [0, 0.1) is 23.2 Å². The SMILES string of the molecule is CN(C)CCOc1ccc(C(=C(CC2CC3CCC2C3)c2ccccc2)c2ccc(OC(=O)C(C)(C)C)cc2)cc1. The number of ether oxygens (including phenoxy) is 2. The maximum absolute atomic E-state index is 12.5. The summed E-state index contributed by atoms with van der Waals surface area (Å²) in [4.78, 5) is 14.6. The van der Waals surface area contributed by atoms with Gasteiger partial charge in [-0.3, -0.25) is 4.79 Å². The van der Waals surface area contributed by atoms with E-state index in [0.29, 0.717) is 12.4 Å². The van der Waals surface area contributed by atoms with Gasteiger partial charge in [-0.05, 0) is 130 Å². The van der Waals surface area contributed by atoms with Crippen LogP contribution in [0.2, 0.25) is 0 Å². The Balaban J connectivity index is 1.54. The maximum atomic E-state index is 12.5. The lowest BCUT2D eigenvalue weighted by Crippen LogP contribution is -2.25. The molecule has 4 heteroatoms. The number of hydrogen-bond donors (Lipinski definition) is 0. The van der Waals surface area contributed by atoms with Gasteiger partial charge in [-0.1, -0.05) is 61.0 Å². The normalized spacial score (nSPS) is 20.7. The summed E-state index contributed by atoms with van der Waals surface area (Å²) in [6.07, 6.45) is 6.59. The summed E-state index contributed by atoms with van der Waals surface area (Å²) in [5, 5.41) is 0. The zero-order valence-electron chi connectivity index (χ0n) is 25.4. The molecule has 2 aliphatic carbocycles. The molecule has 41 heavy (non-hydrogen) atoms. The molecule has 2 fully saturated rings. The molecule has 0 radical (unpaired) electrons. The molecule has 3 atom stereocenters. The van der Waals surface area contributed by atoms with Crippen molar-refractivity contribution in [2.75, 3.05) is 27.2 Å². The highest BCUT2D eigenvalue weighted by atomic mass is 16.5. The predicted molar refractivity (Wildman–Crippen MR) is 168 cm³/mol. The third kappa shape index (κ3) is 7.29. The summed E-state index contributed by atoms with van der Waals surface area (Å²) in [6, 6.07) is 27.5. The van der Waals surface area contributed by atoms with Crippen LogP contribution >= 0.6 is 0 Å². The second-order valence-electron chi connectivity index (χ2n) is 13.2. The van der Waals surface area contributed by atoms with E-state index in [1.165, 1.54) is 48.0 Å². The lowest BCUT2D eigenvalue weighted by atomic mass is 9.79. The summed E-state index contributed by atoms with van der Waals surface area (Å²) in [5.41, 5.74) is 5.66. The van der Waals surface area contributed by atoms with E-state index in [1.807, 2.05) is 32.9 Å². The Bertz CT molecular complexity index is 1330. The minimum atomic E-state index is -0.554. The van der Waals surface area contributed by atoms with Gasteiger partial charge < -0.3 is 14.4 Å². The smallest absolute Gasteiger partial charge is 0.316 e. The van der Waals surface area contributed by atoms with Gasteiger partial charge in [0.2, 0.25) is 0 Å². The molecule has 3 unspecified atom stereocenters. The molecule has 3 aromatic rings. The molecule has 2 bridgehead atoms. The molecule has 4 nitrogen and oxygen atoms in total. The molecule has 0 spiro atoms. The van der Waals surface area contributed by atoms with Crippen LogP contribution < -0.4 is 9.47 Å². The molecule has 2 aliphatic rings. The van der Waals surface area contributed by atoms with Gasteiger partial charge in [0, 0.05) is 6.54 Å². The van der Waals surface area contributed by atoms with Crippen LogP contribution in [0.4, 0.5) is 0 Å². The van der Waals surface area contributed by atoms with Gasteiger partial charge in [-0.2, -0.15) is 0 Å². The first-order valence-corrected chi connectivity index (χ1v) is 15.2. The fraction of sp³-hybridized carbons (Fsp3) is 0.432. The van der Waals surface area contributed by atoms with Crippen molar-refractivity contribution in [3.63, 3.8) is 0 Å². The summed E-state index contributed by atoms with van der Waals surface area (Å²) in [7, 11) is 4.11. The van der Waals surface area contributed by atoms with Gasteiger partial charge in [0.25, 0.3) is 0 Å². The Morgan fingerprint density at radius 1 is 0.805 bits per heavy atom. The zero-order chi connectivity index (χ0) is 29.0. The second-order valence-corrected chi connectivity index (χ2v) is 13.2. The van der Waals surface area contributed by atoms with Gasteiger partial charge in [0.1, 0.15) is 18.1 Å². The number of rotatable bonds is 10. The molecule has 3 aromatic carbocycles. The third-order valence-corrected chi connectivity index (χ3v) is 8.69. The highest BCUT2D eigenvalue weighted by Gasteiger charge is 2.40. The molecule has 0 heterocycles. The lowest BCUT2D eigenvalue weighted by molar-refractivity contribution is -0.143. The average molecular weight is 552 g/mol. The van der Waals surface area contributed by atoms with E-state index >= 15 is 0 Å². The number of nitrogens with zero attached hydrogens (tertiary/aromatic N) is 1. The van der Waals surface area contributed by atoms with Crippen molar-refractivity contribution in [2.24, 2.45) is 23.2 Å². The maximum Gasteiger partial charge on any atom is 0.316 e. The van der Waals surface area contributed by atoms with Gasteiger partial charge in [0.05, 0.1) is 5.41 Å². The quantitative estimate of drug-likeness (QED) is 0.144. The van der Waals surface area contributed by atoms with Crippen LogP contribution in [0.3, 0.4) is 0 Å². The number of esters is 1. The molecule has 0 N–H and O–H groups in total. The van der Waals surface area contributed by atoms with Crippen molar-refractivity contribution in [3.8, 4) is 11.5 Å². The van der Waals surface area contributed by atoms with Crippen molar-refractivity contribution in [1.29, 1.82) is 0 Å². The minimum absolute atomic E-state index is 0.230. The molecule has 0 saturated heterocycles. The number of fused-ring (bicyclic) bond motifs is 2. The Morgan fingerprint density at radius 2 is 1.44 bits per heavy atom. The molecule has 5 rings (SSSR count). The molecule has 2 saturated carbocycles. The Hall–Kier alpha value is -3.37. The zero-order valence-corrected chi connectivity index (χ0v) is 25.4. The van der Waals surface area contributed by atoms with Crippen molar-refractivity contribution >= 4 is 17.1 Å². The lowest BCUT2D eigenvalue weighted by Gasteiger charge is -2.26. The predicted octanol–water partition coefficient (Wildman–Crippen LogP) is 8.36. The topological polar surface area (TPSA) is 38.8 Å². The first-order valence-electron chi connectivity index (χ1n) is 15.2. The Morgan fingerprint density at radius 3 is 1.98 bits per heavy atom. The van der Waals surface area contributed by atoms with Crippen LogP contribution in [-0.4, -0.2) is 38.1 Å². The van der Waals surface area contributed by atoms with Crippen LogP contribution in [0.1, 0.15) is 69.6 Å². The van der Waals surface area contributed by atoms with E-state index in [2.05, 4.69) is 85.7 Å². The van der Waals surface area contributed by atoms with Crippen LogP contribution in [0.5, 0.6) is 11.5 Å². The Kier molecular flexibility index (Phi) is 8.99. The summed E-state index contributed by atoms with van der Waals surface area (Å²) in [5.74, 6) is 3.69. The summed E-state index contributed by atoms with van der Waals surface area (Å²) < 4.78 is 11.7. The number of benzene rings is 3. The van der Waals surface area contributed by atoms with E-state index in [9.17, 15) is 4.79 Å². The highest BCUT2D eigenvalue weighted by molar-refractivity contribution is 5.99. The van der Waals surface area contributed by atoms with E-state index in [1.54, 1.807) is 0 Å². The molecular weight excluding hydrogens is 506 g/mol. The van der Waals surface area contributed by atoms with Crippen molar-refractivity contribution in [3.05, 3.63) is 95.6 Å². The van der Waals surface area contributed by atoms with Crippen molar-refractivity contribution < 1.29 is 14.3 Å². The minimum Gasteiger partial charge on any atom is -0.492 e. The molecule has 0 aromatic heterocycles. The van der Waals surface area contributed by atoms with E-state index < -0.39 is 5.41 Å². The highest BCUT2D eigenvalue weighted by Crippen LogP contribution is 2.52. The van der Waals surface area contributed by atoms with Gasteiger partial charge >= 0.3 is 5.97 Å². The summed E-state index contributed by atoms with van der Waals surface area (Å²) in [6.45, 7) is 7.16. The van der Waals surface area contributed by atoms with Crippen LogP contribution in [0.25, 0.3) is 11.1 Å².